The van der Waals surface area contributed by atoms with Crippen LogP contribution in [-0.2, 0) is 6.54 Å². The highest BCUT2D eigenvalue weighted by atomic mass is 16.1. The van der Waals surface area contributed by atoms with Gasteiger partial charge in [-0.2, -0.15) is 0 Å². The first-order valence-corrected chi connectivity index (χ1v) is 6.21. The summed E-state index contributed by atoms with van der Waals surface area (Å²) in [6.07, 6.45) is 6.78. The van der Waals surface area contributed by atoms with E-state index in [-0.39, 0.29) is 5.91 Å². The second-order valence-corrected chi connectivity index (χ2v) is 4.30. The molecule has 0 saturated carbocycles. The lowest BCUT2D eigenvalue weighted by atomic mass is 10.2. The monoisotopic (exact) mass is 264 g/mol. The summed E-state index contributed by atoms with van der Waals surface area (Å²) >= 11 is 0. The van der Waals surface area contributed by atoms with E-state index in [0.29, 0.717) is 12.2 Å². The van der Waals surface area contributed by atoms with E-state index >= 15 is 0 Å². The van der Waals surface area contributed by atoms with Crippen molar-refractivity contribution in [2.45, 2.75) is 6.54 Å². The highest BCUT2D eigenvalue weighted by molar-refractivity contribution is 5.94. The summed E-state index contributed by atoms with van der Waals surface area (Å²) < 4.78 is 0. The zero-order valence-electron chi connectivity index (χ0n) is 10.7. The number of nitrogens with zero attached hydrogens (tertiary/aromatic N) is 3. The molecule has 0 aliphatic carbocycles. The molecule has 0 bridgehead atoms. The maximum absolute atomic E-state index is 12.1. The van der Waals surface area contributed by atoms with E-state index in [2.05, 4.69) is 20.3 Å². The zero-order valence-corrected chi connectivity index (χ0v) is 10.7. The summed E-state index contributed by atoms with van der Waals surface area (Å²) in [4.78, 5) is 24.3. The van der Waals surface area contributed by atoms with E-state index in [1.807, 2.05) is 18.2 Å². The van der Waals surface area contributed by atoms with Crippen LogP contribution in [0, 0.1) is 0 Å². The third-order valence-corrected chi connectivity index (χ3v) is 2.92. The third-order valence-electron chi connectivity index (χ3n) is 2.92. The molecule has 3 aromatic heterocycles. The molecule has 0 saturated heterocycles. The summed E-state index contributed by atoms with van der Waals surface area (Å²) in [6, 6.07) is 9.05. The van der Waals surface area contributed by atoms with Gasteiger partial charge < -0.3 is 5.32 Å². The molecule has 0 unspecified atom stereocenters. The fourth-order valence-electron chi connectivity index (χ4n) is 1.87. The van der Waals surface area contributed by atoms with Gasteiger partial charge >= 0.3 is 0 Å². The van der Waals surface area contributed by atoms with Crippen molar-refractivity contribution in [2.75, 3.05) is 0 Å². The molecular weight excluding hydrogens is 252 g/mol. The van der Waals surface area contributed by atoms with Crippen molar-refractivity contribution >= 4 is 16.8 Å². The highest BCUT2D eigenvalue weighted by Gasteiger charge is 2.07. The van der Waals surface area contributed by atoms with Crippen LogP contribution < -0.4 is 5.32 Å². The lowest BCUT2D eigenvalue weighted by Crippen LogP contribution is -2.23. The van der Waals surface area contributed by atoms with Crippen molar-refractivity contribution in [3.63, 3.8) is 0 Å². The fraction of sp³-hybridized carbons (Fsp3) is 0.0667. The standard InChI is InChI=1S/C15H12N4O/c20-15(18-9-11-3-6-16-7-4-11)14-2-1-12-10-17-8-5-13(12)19-14/h1-8,10H,9H2,(H,18,20). The van der Waals surface area contributed by atoms with Crippen molar-refractivity contribution in [1.29, 1.82) is 0 Å². The van der Waals surface area contributed by atoms with Crippen LogP contribution in [0.4, 0.5) is 0 Å². The molecule has 98 valence electrons. The van der Waals surface area contributed by atoms with E-state index < -0.39 is 0 Å². The van der Waals surface area contributed by atoms with Gasteiger partial charge in [-0.1, -0.05) is 0 Å². The fourth-order valence-corrected chi connectivity index (χ4v) is 1.87. The van der Waals surface area contributed by atoms with Gasteiger partial charge in [0.2, 0.25) is 0 Å². The number of hydrogen-bond donors (Lipinski definition) is 1. The first-order chi connectivity index (χ1) is 9.83. The first kappa shape index (κ1) is 12.2. The molecule has 0 spiro atoms. The molecule has 0 aliphatic heterocycles. The molecule has 1 N–H and O–H groups in total. The molecule has 1 amide bonds. The van der Waals surface area contributed by atoms with Crippen LogP contribution in [0.3, 0.4) is 0 Å². The van der Waals surface area contributed by atoms with E-state index in [1.54, 1.807) is 36.9 Å². The molecule has 0 atom stereocenters. The Kier molecular flexibility index (Phi) is 3.33. The van der Waals surface area contributed by atoms with E-state index in [4.69, 9.17) is 0 Å². The van der Waals surface area contributed by atoms with Gasteiger partial charge in [0.15, 0.2) is 0 Å². The molecular formula is C15H12N4O. The predicted molar refractivity (Wildman–Crippen MR) is 74.9 cm³/mol. The van der Waals surface area contributed by atoms with Crippen molar-refractivity contribution in [2.24, 2.45) is 0 Å². The molecule has 5 nitrogen and oxygen atoms in total. The van der Waals surface area contributed by atoms with Gasteiger partial charge in [-0.3, -0.25) is 14.8 Å². The van der Waals surface area contributed by atoms with Gasteiger partial charge in [0.05, 0.1) is 5.52 Å². The van der Waals surface area contributed by atoms with Crippen LogP contribution in [0.25, 0.3) is 10.9 Å². The van der Waals surface area contributed by atoms with Crippen LogP contribution in [0.2, 0.25) is 0 Å². The van der Waals surface area contributed by atoms with Crippen LogP contribution in [0.1, 0.15) is 16.1 Å². The predicted octanol–water partition coefficient (Wildman–Crippen LogP) is 1.95. The Hall–Kier alpha value is -2.82. The largest absolute Gasteiger partial charge is 0.347 e. The minimum atomic E-state index is -0.194. The van der Waals surface area contributed by atoms with E-state index in [0.717, 1.165) is 16.5 Å². The quantitative estimate of drug-likeness (QED) is 0.785. The normalized spacial score (nSPS) is 10.4. The number of fused-ring (bicyclic) bond motifs is 1. The van der Waals surface area contributed by atoms with Gasteiger partial charge in [-0.25, -0.2) is 4.98 Å². The summed E-state index contributed by atoms with van der Waals surface area (Å²) in [7, 11) is 0. The van der Waals surface area contributed by atoms with Gasteiger partial charge in [0.25, 0.3) is 5.91 Å². The summed E-state index contributed by atoms with van der Waals surface area (Å²) in [5, 5.41) is 3.75. The topological polar surface area (TPSA) is 67.8 Å². The molecule has 3 aromatic rings. The Morgan fingerprint density at radius 3 is 2.65 bits per heavy atom. The van der Waals surface area contributed by atoms with Crippen molar-refractivity contribution in [1.82, 2.24) is 20.3 Å². The lowest BCUT2D eigenvalue weighted by molar-refractivity contribution is 0.0946. The molecule has 0 fully saturated rings. The zero-order chi connectivity index (χ0) is 13.8. The number of nitrogens with one attached hydrogen (secondary N) is 1. The molecule has 0 aromatic carbocycles. The smallest absolute Gasteiger partial charge is 0.270 e. The summed E-state index contributed by atoms with van der Waals surface area (Å²) in [5.41, 5.74) is 2.16. The van der Waals surface area contributed by atoms with Gasteiger partial charge in [0.1, 0.15) is 5.69 Å². The van der Waals surface area contributed by atoms with Gasteiger partial charge in [-0.15, -0.1) is 0 Å². The molecule has 0 radical (unpaired) electrons. The number of aromatic nitrogens is 3. The summed E-state index contributed by atoms with van der Waals surface area (Å²) in [5.74, 6) is -0.194. The number of pyridine rings is 3. The number of carbonyl (C=O) groups excluding carboxylic acids is 1. The minimum Gasteiger partial charge on any atom is -0.347 e. The SMILES string of the molecule is O=C(NCc1ccncc1)c1ccc2cnccc2n1. The maximum Gasteiger partial charge on any atom is 0.270 e. The van der Waals surface area contributed by atoms with Crippen molar-refractivity contribution in [3.05, 3.63) is 66.4 Å². The number of rotatable bonds is 3. The first-order valence-electron chi connectivity index (χ1n) is 6.21. The number of amides is 1. The second kappa shape index (κ2) is 5.44. The van der Waals surface area contributed by atoms with Crippen molar-refractivity contribution < 1.29 is 4.79 Å². The molecule has 3 rings (SSSR count). The number of hydrogen-bond acceptors (Lipinski definition) is 4. The van der Waals surface area contributed by atoms with E-state index in [1.165, 1.54) is 0 Å². The lowest BCUT2D eigenvalue weighted by Gasteiger charge is -2.05. The van der Waals surface area contributed by atoms with Gasteiger partial charge in [-0.05, 0) is 35.9 Å². The Morgan fingerprint density at radius 2 is 1.80 bits per heavy atom. The second-order valence-electron chi connectivity index (χ2n) is 4.30. The Bertz CT molecular complexity index is 743. The summed E-state index contributed by atoms with van der Waals surface area (Å²) in [6.45, 7) is 0.456. The third kappa shape index (κ3) is 2.61. The highest BCUT2D eigenvalue weighted by Crippen LogP contribution is 2.10. The molecule has 0 aliphatic rings. The van der Waals surface area contributed by atoms with E-state index in [9.17, 15) is 4.79 Å². The minimum absolute atomic E-state index is 0.194. The Balaban J connectivity index is 1.75. The van der Waals surface area contributed by atoms with Crippen LogP contribution in [0.5, 0.6) is 0 Å². The van der Waals surface area contributed by atoms with Crippen LogP contribution in [-0.4, -0.2) is 20.9 Å². The average molecular weight is 264 g/mol. The van der Waals surface area contributed by atoms with Crippen molar-refractivity contribution in [3.8, 4) is 0 Å². The Labute approximate surface area is 115 Å². The maximum atomic E-state index is 12.1. The molecule has 3 heterocycles. The van der Waals surface area contributed by atoms with Crippen LogP contribution >= 0.6 is 0 Å². The Morgan fingerprint density at radius 1 is 1.00 bits per heavy atom. The molecule has 5 heteroatoms. The molecule has 20 heavy (non-hydrogen) atoms. The average Bonchev–Trinajstić information content (AvgIpc) is 2.53. The van der Waals surface area contributed by atoms with Gasteiger partial charge in [0, 0.05) is 36.7 Å². The van der Waals surface area contributed by atoms with Crippen LogP contribution in [0.15, 0.2) is 55.1 Å². The number of carbonyl (C=O) groups is 1.